The van der Waals surface area contributed by atoms with E-state index in [1.54, 1.807) is 18.2 Å². The Morgan fingerprint density at radius 1 is 1.14 bits per heavy atom. The quantitative estimate of drug-likeness (QED) is 0.834. The number of rotatable bonds is 4. The normalized spacial score (nSPS) is 11.4. The number of hydrogen-bond donors (Lipinski definition) is 0. The number of sulfonamides is 1. The molecule has 0 unspecified atom stereocenters. The second-order valence-corrected chi connectivity index (χ2v) is 7.21. The van der Waals surface area contributed by atoms with Gasteiger partial charge in [0, 0.05) is 10.0 Å². The van der Waals surface area contributed by atoms with Crippen LogP contribution in [0.25, 0.3) is 0 Å². The molecule has 2 aromatic carbocycles. The topological polar surface area (TPSA) is 37.4 Å². The molecule has 0 saturated carbocycles. The Hall–Kier alpha value is -1.30. The molecule has 0 spiro atoms. The molecule has 3 nitrogen and oxygen atoms in total. The van der Waals surface area contributed by atoms with Crippen LogP contribution in [-0.2, 0) is 16.6 Å². The van der Waals surface area contributed by atoms with Crippen LogP contribution in [0.1, 0.15) is 5.56 Å². The maximum absolute atomic E-state index is 13.9. The zero-order chi connectivity index (χ0) is 15.6. The van der Waals surface area contributed by atoms with Crippen molar-refractivity contribution in [3.63, 3.8) is 0 Å². The van der Waals surface area contributed by atoms with Crippen molar-refractivity contribution in [1.29, 1.82) is 0 Å². The molecule has 0 aliphatic rings. The predicted molar refractivity (Wildman–Crippen MR) is 83.9 cm³/mol. The van der Waals surface area contributed by atoms with Gasteiger partial charge in [0.1, 0.15) is 5.82 Å². The highest BCUT2D eigenvalue weighted by Gasteiger charge is 2.21. The zero-order valence-electron chi connectivity index (χ0n) is 11.1. The van der Waals surface area contributed by atoms with Crippen molar-refractivity contribution >= 4 is 38.9 Å². The number of para-hydroxylation sites is 1. The summed E-state index contributed by atoms with van der Waals surface area (Å²) in [7, 11) is -3.66. The maximum Gasteiger partial charge on any atom is 0.232 e. The minimum Gasteiger partial charge on any atom is -0.263 e. The minimum atomic E-state index is -3.66. The second-order valence-electron chi connectivity index (χ2n) is 4.46. The van der Waals surface area contributed by atoms with Gasteiger partial charge in [0.2, 0.25) is 10.0 Å². The van der Waals surface area contributed by atoms with E-state index in [4.69, 9.17) is 23.2 Å². The fraction of sp³-hybridized carbons (Fsp3) is 0.143. The lowest BCUT2D eigenvalue weighted by Crippen LogP contribution is -2.30. The van der Waals surface area contributed by atoms with Gasteiger partial charge in [-0.15, -0.1) is 0 Å². The van der Waals surface area contributed by atoms with Gasteiger partial charge in [-0.05, 0) is 29.8 Å². The SMILES string of the molecule is CS(=O)(=O)N(Cc1ccc(Cl)cc1Cl)c1ccccc1F. The van der Waals surface area contributed by atoms with Gasteiger partial charge in [0.15, 0.2) is 0 Å². The molecule has 0 fully saturated rings. The number of benzene rings is 2. The minimum absolute atomic E-state index is 0.0222. The fourth-order valence-electron chi connectivity index (χ4n) is 1.84. The molecule has 2 aromatic rings. The first-order chi connectivity index (χ1) is 9.79. The van der Waals surface area contributed by atoms with Crippen molar-refractivity contribution < 1.29 is 12.8 Å². The Bertz CT molecular complexity index is 765. The summed E-state index contributed by atoms with van der Waals surface area (Å²) in [5.41, 5.74) is 0.515. The Balaban J connectivity index is 2.46. The van der Waals surface area contributed by atoms with Gasteiger partial charge in [-0.2, -0.15) is 0 Å². The van der Waals surface area contributed by atoms with E-state index in [0.717, 1.165) is 10.6 Å². The highest BCUT2D eigenvalue weighted by Crippen LogP contribution is 2.27. The first kappa shape index (κ1) is 16.1. The van der Waals surface area contributed by atoms with Crippen LogP contribution in [0.2, 0.25) is 10.0 Å². The predicted octanol–water partition coefficient (Wildman–Crippen LogP) is 4.10. The van der Waals surface area contributed by atoms with Crippen LogP contribution in [0.15, 0.2) is 42.5 Å². The van der Waals surface area contributed by atoms with E-state index >= 15 is 0 Å². The highest BCUT2D eigenvalue weighted by molar-refractivity contribution is 7.92. The number of hydrogen-bond acceptors (Lipinski definition) is 2. The van der Waals surface area contributed by atoms with Crippen LogP contribution in [0, 0.1) is 5.82 Å². The molecule has 0 aliphatic carbocycles. The molecular formula is C14H12Cl2FNO2S. The van der Waals surface area contributed by atoms with Crippen LogP contribution < -0.4 is 4.31 Å². The van der Waals surface area contributed by atoms with Crippen LogP contribution in [0.4, 0.5) is 10.1 Å². The lowest BCUT2D eigenvalue weighted by molar-refractivity contribution is 0.590. The summed E-state index contributed by atoms with van der Waals surface area (Å²) in [5, 5.41) is 0.771. The van der Waals surface area contributed by atoms with E-state index < -0.39 is 15.8 Å². The molecule has 0 N–H and O–H groups in total. The monoisotopic (exact) mass is 347 g/mol. The lowest BCUT2D eigenvalue weighted by atomic mass is 10.2. The Labute approximate surface area is 133 Å². The standard InChI is InChI=1S/C14H12Cl2FNO2S/c1-21(19,20)18(14-5-3-2-4-13(14)17)9-10-6-7-11(15)8-12(10)16/h2-8H,9H2,1H3. The van der Waals surface area contributed by atoms with Crippen LogP contribution in [0.5, 0.6) is 0 Å². The van der Waals surface area contributed by atoms with Gasteiger partial charge in [0.25, 0.3) is 0 Å². The summed E-state index contributed by atoms with van der Waals surface area (Å²) in [5.74, 6) is -0.618. The molecule has 0 aromatic heterocycles. The summed E-state index contributed by atoms with van der Waals surface area (Å²) < 4.78 is 38.8. The second kappa shape index (κ2) is 6.22. The molecule has 0 saturated heterocycles. The third-order valence-corrected chi connectivity index (χ3v) is 4.56. The number of nitrogens with zero attached hydrogens (tertiary/aromatic N) is 1. The third kappa shape index (κ3) is 3.87. The summed E-state index contributed by atoms with van der Waals surface area (Å²) in [6.45, 7) is -0.0736. The van der Waals surface area contributed by atoms with E-state index in [1.807, 2.05) is 0 Å². The zero-order valence-corrected chi connectivity index (χ0v) is 13.4. The van der Waals surface area contributed by atoms with Crippen molar-refractivity contribution in [3.8, 4) is 0 Å². The number of halogens is 3. The van der Waals surface area contributed by atoms with E-state index in [9.17, 15) is 12.8 Å². The Morgan fingerprint density at radius 2 is 1.81 bits per heavy atom. The van der Waals surface area contributed by atoms with Crippen molar-refractivity contribution in [2.24, 2.45) is 0 Å². The van der Waals surface area contributed by atoms with Crippen LogP contribution in [-0.4, -0.2) is 14.7 Å². The van der Waals surface area contributed by atoms with Crippen molar-refractivity contribution in [1.82, 2.24) is 0 Å². The Kier molecular flexibility index (Phi) is 4.76. The lowest BCUT2D eigenvalue weighted by Gasteiger charge is -2.23. The average Bonchev–Trinajstić information content (AvgIpc) is 2.38. The van der Waals surface area contributed by atoms with Gasteiger partial charge < -0.3 is 0 Å². The van der Waals surface area contributed by atoms with Crippen molar-refractivity contribution in [2.75, 3.05) is 10.6 Å². The molecule has 0 heterocycles. The van der Waals surface area contributed by atoms with Crippen molar-refractivity contribution in [3.05, 3.63) is 63.9 Å². The van der Waals surface area contributed by atoms with Gasteiger partial charge >= 0.3 is 0 Å². The first-order valence-electron chi connectivity index (χ1n) is 5.95. The molecule has 2 rings (SSSR count). The molecular weight excluding hydrogens is 336 g/mol. The third-order valence-electron chi connectivity index (χ3n) is 2.85. The van der Waals surface area contributed by atoms with Gasteiger partial charge in [-0.25, -0.2) is 12.8 Å². The smallest absolute Gasteiger partial charge is 0.232 e. The summed E-state index contributed by atoms with van der Waals surface area (Å²) in [6.07, 6.45) is 1.02. The molecule has 0 aliphatic heterocycles. The fourth-order valence-corrected chi connectivity index (χ4v) is 3.19. The van der Waals surface area contributed by atoms with E-state index in [2.05, 4.69) is 0 Å². The number of anilines is 1. The summed E-state index contributed by atoms with van der Waals surface area (Å²) in [6, 6.07) is 10.4. The summed E-state index contributed by atoms with van der Waals surface area (Å²) >= 11 is 11.9. The molecule has 0 amide bonds. The summed E-state index contributed by atoms with van der Waals surface area (Å²) in [4.78, 5) is 0. The van der Waals surface area contributed by atoms with Gasteiger partial charge in [-0.3, -0.25) is 4.31 Å². The largest absolute Gasteiger partial charge is 0.263 e. The molecule has 7 heteroatoms. The van der Waals surface area contributed by atoms with Crippen molar-refractivity contribution in [2.45, 2.75) is 6.54 Å². The van der Waals surface area contributed by atoms with Crippen LogP contribution >= 0.6 is 23.2 Å². The first-order valence-corrected chi connectivity index (χ1v) is 8.55. The van der Waals surface area contributed by atoms with Crippen LogP contribution in [0.3, 0.4) is 0 Å². The molecule has 112 valence electrons. The Morgan fingerprint density at radius 3 is 2.38 bits per heavy atom. The van der Waals surface area contributed by atoms with E-state index in [1.165, 1.54) is 24.3 Å². The molecule has 0 bridgehead atoms. The van der Waals surface area contributed by atoms with E-state index in [-0.39, 0.29) is 12.2 Å². The maximum atomic E-state index is 13.9. The van der Waals surface area contributed by atoms with E-state index in [0.29, 0.717) is 15.6 Å². The highest BCUT2D eigenvalue weighted by atomic mass is 35.5. The van der Waals surface area contributed by atoms with Gasteiger partial charge in [-0.1, -0.05) is 41.4 Å². The molecule has 0 atom stereocenters. The molecule has 21 heavy (non-hydrogen) atoms. The molecule has 0 radical (unpaired) electrons. The average molecular weight is 348 g/mol. The van der Waals surface area contributed by atoms with Gasteiger partial charge in [0.05, 0.1) is 18.5 Å².